The first-order chi connectivity index (χ1) is 13.4. The molecule has 0 saturated heterocycles. The lowest BCUT2D eigenvalue weighted by Gasteiger charge is -2.12. The normalized spacial score (nSPS) is 12.1. The molecule has 4 rings (SSSR count). The van der Waals surface area contributed by atoms with E-state index < -0.39 is 5.91 Å². The van der Waals surface area contributed by atoms with Crippen molar-refractivity contribution < 1.29 is 10.0 Å². The SMILES string of the molecule is Cc1cc(C)c(Nc2nc3c(s2)Cc2cc(/C=C/C(=O)NO)ccc2-3)c(C)c1. The molecule has 0 spiro atoms. The van der Waals surface area contributed by atoms with Gasteiger partial charge < -0.3 is 5.32 Å². The number of anilines is 2. The number of hydrogen-bond acceptors (Lipinski definition) is 5. The second-order valence-corrected chi connectivity index (χ2v) is 8.18. The summed E-state index contributed by atoms with van der Waals surface area (Å²) in [5.41, 5.74) is 10.7. The second kappa shape index (κ2) is 7.22. The summed E-state index contributed by atoms with van der Waals surface area (Å²) >= 11 is 1.69. The molecule has 28 heavy (non-hydrogen) atoms. The number of hydroxylamine groups is 1. The van der Waals surface area contributed by atoms with Crippen molar-refractivity contribution >= 4 is 34.1 Å². The number of aryl methyl sites for hydroxylation is 3. The molecular weight excluding hydrogens is 370 g/mol. The third-order valence-electron chi connectivity index (χ3n) is 4.88. The molecule has 0 aliphatic heterocycles. The molecule has 1 amide bonds. The van der Waals surface area contributed by atoms with Crippen molar-refractivity contribution in [2.75, 3.05) is 5.32 Å². The molecule has 1 heterocycles. The van der Waals surface area contributed by atoms with E-state index in [0.29, 0.717) is 0 Å². The van der Waals surface area contributed by atoms with Gasteiger partial charge in [-0.3, -0.25) is 10.0 Å². The standard InChI is InChI=1S/C22H21N3O2S/c1-12-8-13(2)20(14(3)9-12)23-22-24-21-17-6-4-15(5-7-19(26)25-27)10-16(17)11-18(21)28-22/h4-10,27H,11H2,1-3H3,(H,23,24)(H,25,26)/b7-5+. The smallest absolute Gasteiger partial charge is 0.267 e. The molecule has 0 atom stereocenters. The fraction of sp³-hybridized carbons (Fsp3) is 0.182. The average molecular weight is 391 g/mol. The van der Waals surface area contributed by atoms with Crippen LogP contribution in [-0.2, 0) is 11.2 Å². The Morgan fingerprint density at radius 1 is 1.18 bits per heavy atom. The van der Waals surface area contributed by atoms with Gasteiger partial charge in [0.05, 0.1) is 5.69 Å². The van der Waals surface area contributed by atoms with Crippen molar-refractivity contribution in [1.82, 2.24) is 10.5 Å². The predicted octanol–water partition coefficient (Wildman–Crippen LogP) is 4.90. The van der Waals surface area contributed by atoms with E-state index in [9.17, 15) is 4.79 Å². The molecule has 0 bridgehead atoms. The van der Waals surface area contributed by atoms with Crippen molar-refractivity contribution in [3.05, 3.63) is 69.1 Å². The lowest BCUT2D eigenvalue weighted by atomic mass is 10.1. The topological polar surface area (TPSA) is 74.2 Å². The van der Waals surface area contributed by atoms with Crippen molar-refractivity contribution in [1.29, 1.82) is 0 Å². The lowest BCUT2D eigenvalue weighted by Crippen LogP contribution is -2.14. The minimum absolute atomic E-state index is 0.543. The van der Waals surface area contributed by atoms with Crippen LogP contribution >= 0.6 is 11.3 Å². The van der Waals surface area contributed by atoms with Crippen LogP contribution in [0.1, 0.15) is 32.7 Å². The van der Waals surface area contributed by atoms with Crippen LogP contribution < -0.4 is 10.8 Å². The minimum Gasteiger partial charge on any atom is -0.331 e. The predicted molar refractivity (Wildman–Crippen MR) is 113 cm³/mol. The van der Waals surface area contributed by atoms with Crippen LogP contribution in [0.25, 0.3) is 17.3 Å². The summed E-state index contributed by atoms with van der Waals surface area (Å²) in [5.74, 6) is -0.543. The van der Waals surface area contributed by atoms with Gasteiger partial charge in [0.25, 0.3) is 5.91 Å². The van der Waals surface area contributed by atoms with Gasteiger partial charge in [0.1, 0.15) is 0 Å². The number of amides is 1. The molecule has 0 saturated carbocycles. The number of nitrogens with one attached hydrogen (secondary N) is 2. The van der Waals surface area contributed by atoms with Crippen LogP contribution in [0, 0.1) is 20.8 Å². The Balaban J connectivity index is 1.59. The van der Waals surface area contributed by atoms with Crippen LogP contribution in [0.3, 0.4) is 0 Å². The summed E-state index contributed by atoms with van der Waals surface area (Å²) in [4.78, 5) is 17.2. The van der Waals surface area contributed by atoms with Gasteiger partial charge in [-0.2, -0.15) is 0 Å². The Hall–Kier alpha value is -2.96. The molecule has 1 aromatic heterocycles. The molecule has 142 valence electrons. The number of aromatic nitrogens is 1. The molecule has 0 fully saturated rings. The summed E-state index contributed by atoms with van der Waals surface area (Å²) < 4.78 is 0. The first-order valence-corrected chi connectivity index (χ1v) is 9.86. The van der Waals surface area contributed by atoms with Gasteiger partial charge in [-0.25, -0.2) is 10.5 Å². The first-order valence-electron chi connectivity index (χ1n) is 9.04. The Labute approximate surface area is 167 Å². The maximum atomic E-state index is 11.1. The van der Waals surface area contributed by atoms with Gasteiger partial charge in [0.15, 0.2) is 5.13 Å². The average Bonchev–Trinajstić information content (AvgIpc) is 3.19. The van der Waals surface area contributed by atoms with E-state index >= 15 is 0 Å². The maximum absolute atomic E-state index is 11.1. The molecule has 6 heteroatoms. The van der Waals surface area contributed by atoms with Crippen LogP contribution in [0.4, 0.5) is 10.8 Å². The largest absolute Gasteiger partial charge is 0.331 e. The molecule has 2 aromatic carbocycles. The van der Waals surface area contributed by atoms with Crippen molar-refractivity contribution in [2.24, 2.45) is 0 Å². The van der Waals surface area contributed by atoms with E-state index in [1.807, 2.05) is 12.1 Å². The summed E-state index contributed by atoms with van der Waals surface area (Å²) in [5, 5.41) is 13.0. The molecule has 0 unspecified atom stereocenters. The molecular formula is C22H21N3O2S. The Kier molecular flexibility index (Phi) is 4.75. The highest BCUT2D eigenvalue weighted by Crippen LogP contribution is 2.42. The maximum Gasteiger partial charge on any atom is 0.267 e. The van der Waals surface area contributed by atoms with Gasteiger partial charge >= 0.3 is 0 Å². The van der Waals surface area contributed by atoms with Crippen molar-refractivity contribution in [3.8, 4) is 11.3 Å². The zero-order valence-electron chi connectivity index (χ0n) is 16.0. The third kappa shape index (κ3) is 3.44. The van der Waals surface area contributed by atoms with E-state index in [1.165, 1.54) is 33.2 Å². The second-order valence-electron chi connectivity index (χ2n) is 7.09. The number of rotatable bonds is 4. The number of fused-ring (bicyclic) bond motifs is 3. The highest BCUT2D eigenvalue weighted by molar-refractivity contribution is 7.16. The quantitative estimate of drug-likeness (QED) is 0.263. The molecule has 0 radical (unpaired) electrons. The van der Waals surface area contributed by atoms with Crippen molar-refractivity contribution in [3.63, 3.8) is 0 Å². The zero-order chi connectivity index (χ0) is 19.8. The molecule has 1 aliphatic rings. The number of carbonyl (C=O) groups excluding carboxylic acids is 1. The highest BCUT2D eigenvalue weighted by Gasteiger charge is 2.23. The van der Waals surface area contributed by atoms with Gasteiger partial charge in [0, 0.05) is 28.6 Å². The van der Waals surface area contributed by atoms with E-state index in [0.717, 1.165) is 34.1 Å². The highest BCUT2D eigenvalue weighted by atomic mass is 32.1. The fourth-order valence-corrected chi connectivity index (χ4v) is 4.70. The summed E-state index contributed by atoms with van der Waals surface area (Å²) in [6, 6.07) is 10.4. The van der Waals surface area contributed by atoms with Crippen LogP contribution in [0.2, 0.25) is 0 Å². The van der Waals surface area contributed by atoms with Gasteiger partial charge in [-0.05, 0) is 49.1 Å². The van der Waals surface area contributed by atoms with E-state index in [1.54, 1.807) is 22.9 Å². The van der Waals surface area contributed by atoms with Gasteiger partial charge in [0.2, 0.25) is 0 Å². The lowest BCUT2D eigenvalue weighted by molar-refractivity contribution is -0.124. The molecule has 5 nitrogen and oxygen atoms in total. The number of thiazole rings is 1. The monoisotopic (exact) mass is 391 g/mol. The zero-order valence-corrected chi connectivity index (χ0v) is 16.8. The van der Waals surface area contributed by atoms with Crippen molar-refractivity contribution in [2.45, 2.75) is 27.2 Å². The number of benzene rings is 2. The van der Waals surface area contributed by atoms with Crippen LogP contribution in [0.15, 0.2) is 36.4 Å². The summed E-state index contributed by atoms with van der Waals surface area (Å²) in [7, 11) is 0. The molecule has 3 aromatic rings. The number of carbonyl (C=O) groups is 1. The number of nitrogens with zero attached hydrogens (tertiary/aromatic N) is 1. The Morgan fingerprint density at radius 2 is 1.93 bits per heavy atom. The van der Waals surface area contributed by atoms with E-state index in [-0.39, 0.29) is 0 Å². The first kappa shape index (κ1) is 18.4. The van der Waals surface area contributed by atoms with Gasteiger partial charge in [-0.1, -0.05) is 35.9 Å². The minimum atomic E-state index is -0.543. The van der Waals surface area contributed by atoms with Crippen LogP contribution in [-0.4, -0.2) is 16.1 Å². The summed E-state index contributed by atoms with van der Waals surface area (Å²) in [6.07, 6.45) is 3.82. The molecule has 3 N–H and O–H groups in total. The fourth-order valence-electron chi connectivity index (χ4n) is 3.70. The van der Waals surface area contributed by atoms with Gasteiger partial charge in [-0.15, -0.1) is 11.3 Å². The molecule has 1 aliphatic carbocycles. The summed E-state index contributed by atoms with van der Waals surface area (Å²) in [6.45, 7) is 6.34. The van der Waals surface area contributed by atoms with Crippen LogP contribution in [0.5, 0.6) is 0 Å². The van der Waals surface area contributed by atoms with E-state index in [4.69, 9.17) is 10.2 Å². The van der Waals surface area contributed by atoms with E-state index in [2.05, 4.69) is 44.3 Å². The third-order valence-corrected chi connectivity index (χ3v) is 5.85. The number of hydrogen-bond donors (Lipinski definition) is 3. The Morgan fingerprint density at radius 3 is 2.64 bits per heavy atom. The Bertz CT molecular complexity index is 1090.